The second kappa shape index (κ2) is 7.82. The van der Waals surface area contributed by atoms with E-state index in [0.717, 1.165) is 49.4 Å². The van der Waals surface area contributed by atoms with Crippen molar-refractivity contribution in [2.45, 2.75) is 17.9 Å². The summed E-state index contributed by atoms with van der Waals surface area (Å²) in [4.78, 5) is 32.4. The molecule has 1 atom stereocenters. The van der Waals surface area contributed by atoms with Crippen LogP contribution in [0.5, 0.6) is 0 Å². The molecule has 0 heterocycles. The number of halogens is 1. The first-order chi connectivity index (χ1) is 13.0. The molecule has 0 aromatic heterocycles. The van der Waals surface area contributed by atoms with Crippen LogP contribution in [0.4, 0.5) is 11.4 Å². The molecule has 1 unspecified atom stereocenters. The van der Waals surface area contributed by atoms with Gasteiger partial charge in [-0.3, -0.25) is 14.4 Å². The lowest BCUT2D eigenvalue weighted by Gasteiger charge is -2.28. The normalized spacial score (nSPS) is 12.2. The second-order valence-corrected chi connectivity index (χ2v) is 7.76. The maximum absolute atomic E-state index is 13.1. The average molecular weight is 429 g/mol. The smallest absolute Gasteiger partial charge is 0.337 e. The molecule has 0 aliphatic heterocycles. The van der Waals surface area contributed by atoms with E-state index in [-0.39, 0.29) is 10.7 Å². The van der Waals surface area contributed by atoms with Crippen molar-refractivity contribution in [2.75, 3.05) is 4.31 Å². The van der Waals surface area contributed by atoms with E-state index in [1.165, 1.54) is 0 Å². The number of nitro benzene ring substituents is 1. The summed E-state index contributed by atoms with van der Waals surface area (Å²) in [5.41, 5.74) is -1.22. The van der Waals surface area contributed by atoms with Crippen molar-refractivity contribution in [1.29, 1.82) is 0 Å². The molecule has 0 saturated heterocycles. The fraction of sp³-hybridized carbons (Fsp3) is 0.125. The van der Waals surface area contributed by atoms with E-state index >= 15 is 0 Å². The highest BCUT2D eigenvalue weighted by Crippen LogP contribution is 2.31. The summed E-state index contributed by atoms with van der Waals surface area (Å²) in [6.45, 7) is 1.08. The topological polar surface area (TPSA) is 155 Å². The minimum atomic E-state index is -4.60. The van der Waals surface area contributed by atoms with Gasteiger partial charge in [-0.15, -0.1) is 0 Å². The monoisotopic (exact) mass is 428 g/mol. The van der Waals surface area contributed by atoms with E-state index in [1.54, 1.807) is 0 Å². The number of carboxylic acids is 2. The summed E-state index contributed by atoms with van der Waals surface area (Å²) in [6, 6.07) is 5.59. The lowest BCUT2D eigenvalue weighted by molar-refractivity contribution is -0.385. The highest BCUT2D eigenvalue weighted by molar-refractivity contribution is 7.93. The van der Waals surface area contributed by atoms with Gasteiger partial charge in [0.25, 0.3) is 15.7 Å². The summed E-state index contributed by atoms with van der Waals surface area (Å²) in [5, 5.41) is 29.3. The Hall–Kier alpha value is -3.18. The number of nitrogens with zero attached hydrogens (tertiary/aromatic N) is 2. The van der Waals surface area contributed by atoms with Crippen molar-refractivity contribution < 1.29 is 33.1 Å². The van der Waals surface area contributed by atoms with Crippen molar-refractivity contribution in [3.05, 3.63) is 63.2 Å². The maximum Gasteiger partial charge on any atom is 0.337 e. The minimum Gasteiger partial charge on any atom is -0.480 e. The van der Waals surface area contributed by atoms with Gasteiger partial charge in [0.05, 0.1) is 26.1 Å². The number of sulfonamides is 1. The van der Waals surface area contributed by atoms with Crippen molar-refractivity contribution >= 4 is 44.9 Å². The van der Waals surface area contributed by atoms with Crippen LogP contribution in [0.15, 0.2) is 47.4 Å². The number of aliphatic carboxylic acids is 1. The molecular weight excluding hydrogens is 416 g/mol. The highest BCUT2D eigenvalue weighted by Gasteiger charge is 2.34. The second-order valence-electron chi connectivity index (χ2n) is 5.54. The van der Waals surface area contributed by atoms with E-state index in [9.17, 15) is 38.3 Å². The standard InChI is InChI=1S/C16H13ClN2O8S/c1-9(15(20)21)18(10-5-6-14(17)13(8-10)16(22)23)28(26,27)12-4-2-3-11(7-12)19(24)25/h2-9H,1H3,(H,20,21)(H,22,23). The number of non-ortho nitro benzene ring substituents is 1. The van der Waals surface area contributed by atoms with Gasteiger partial charge in [0.1, 0.15) is 6.04 Å². The molecule has 2 aromatic rings. The average Bonchev–Trinajstić information content (AvgIpc) is 2.62. The Labute approximate surface area is 163 Å². The number of carbonyl (C=O) groups is 2. The van der Waals surface area contributed by atoms with Gasteiger partial charge < -0.3 is 10.2 Å². The predicted octanol–water partition coefficient (Wildman–Crippen LogP) is 2.61. The van der Waals surface area contributed by atoms with Crippen LogP contribution < -0.4 is 4.31 Å². The van der Waals surface area contributed by atoms with Gasteiger partial charge in [0.2, 0.25) is 0 Å². The zero-order valence-corrected chi connectivity index (χ0v) is 15.7. The molecule has 10 nitrogen and oxygen atoms in total. The Bertz CT molecular complexity index is 1070. The molecule has 2 N–H and O–H groups in total. The maximum atomic E-state index is 13.1. The van der Waals surface area contributed by atoms with Crippen LogP contribution in [0.1, 0.15) is 17.3 Å². The molecule has 0 saturated carbocycles. The molecule has 0 aliphatic carbocycles. The Morgan fingerprint density at radius 3 is 2.36 bits per heavy atom. The van der Waals surface area contributed by atoms with E-state index in [1.807, 2.05) is 0 Å². The number of anilines is 1. The molecule has 28 heavy (non-hydrogen) atoms. The number of nitro groups is 1. The Morgan fingerprint density at radius 1 is 1.18 bits per heavy atom. The Kier molecular flexibility index (Phi) is 5.90. The first-order valence-corrected chi connectivity index (χ1v) is 9.33. The van der Waals surface area contributed by atoms with Gasteiger partial charge >= 0.3 is 11.9 Å². The van der Waals surface area contributed by atoms with Crippen molar-refractivity contribution in [1.82, 2.24) is 0 Å². The third kappa shape index (κ3) is 4.05. The number of aromatic carboxylic acids is 1. The molecule has 0 radical (unpaired) electrons. The molecular formula is C16H13ClN2O8S. The molecule has 2 aromatic carbocycles. The molecule has 0 amide bonds. The van der Waals surface area contributed by atoms with E-state index in [2.05, 4.69) is 0 Å². The van der Waals surface area contributed by atoms with Gasteiger partial charge in [0, 0.05) is 12.1 Å². The molecule has 148 valence electrons. The predicted molar refractivity (Wildman–Crippen MR) is 98.3 cm³/mol. The highest BCUT2D eigenvalue weighted by atomic mass is 35.5. The van der Waals surface area contributed by atoms with Crippen LogP contribution in [-0.4, -0.2) is 41.5 Å². The zero-order chi connectivity index (χ0) is 21.2. The van der Waals surface area contributed by atoms with Gasteiger partial charge in [-0.05, 0) is 31.2 Å². The lowest BCUT2D eigenvalue weighted by Crippen LogP contribution is -2.43. The van der Waals surface area contributed by atoms with E-state index < -0.39 is 49.1 Å². The summed E-state index contributed by atoms with van der Waals surface area (Å²) in [7, 11) is -4.60. The molecule has 12 heteroatoms. The van der Waals surface area contributed by atoms with Crippen LogP contribution in [0.3, 0.4) is 0 Å². The van der Waals surface area contributed by atoms with Crippen molar-refractivity contribution in [2.24, 2.45) is 0 Å². The molecule has 0 fully saturated rings. The van der Waals surface area contributed by atoms with Crippen LogP contribution in [0.2, 0.25) is 5.02 Å². The number of hydrogen-bond acceptors (Lipinski definition) is 6. The SMILES string of the molecule is CC(C(=O)O)N(c1ccc(Cl)c(C(=O)O)c1)S(=O)(=O)c1cccc([N+](=O)[O-])c1. The van der Waals surface area contributed by atoms with Crippen LogP contribution in [0.25, 0.3) is 0 Å². The lowest BCUT2D eigenvalue weighted by atomic mass is 10.2. The fourth-order valence-corrected chi connectivity index (χ4v) is 4.20. The molecule has 2 rings (SSSR count). The summed E-state index contributed by atoms with van der Waals surface area (Å²) in [5.74, 6) is -2.96. The quantitative estimate of drug-likeness (QED) is 0.503. The first-order valence-electron chi connectivity index (χ1n) is 7.51. The van der Waals surface area contributed by atoms with Gasteiger partial charge in [0.15, 0.2) is 0 Å². The fourth-order valence-electron chi connectivity index (χ4n) is 2.36. The van der Waals surface area contributed by atoms with E-state index in [4.69, 9.17) is 11.6 Å². The molecule has 0 aliphatic rings. The van der Waals surface area contributed by atoms with Crippen LogP contribution in [-0.2, 0) is 14.8 Å². The zero-order valence-electron chi connectivity index (χ0n) is 14.1. The summed E-state index contributed by atoms with van der Waals surface area (Å²) >= 11 is 5.78. The van der Waals surface area contributed by atoms with E-state index in [0.29, 0.717) is 4.31 Å². The molecule has 0 spiro atoms. The Morgan fingerprint density at radius 2 is 1.82 bits per heavy atom. The Balaban J connectivity index is 2.72. The van der Waals surface area contributed by atoms with Gasteiger partial charge in [-0.1, -0.05) is 17.7 Å². The van der Waals surface area contributed by atoms with Crippen LogP contribution >= 0.6 is 11.6 Å². The number of hydrogen-bond donors (Lipinski definition) is 2. The summed E-state index contributed by atoms with van der Waals surface area (Å²) in [6.07, 6.45) is 0. The third-order valence-electron chi connectivity index (χ3n) is 3.73. The number of benzene rings is 2. The largest absolute Gasteiger partial charge is 0.480 e. The van der Waals surface area contributed by atoms with Crippen LogP contribution in [0, 0.1) is 10.1 Å². The minimum absolute atomic E-state index is 0.174. The van der Waals surface area contributed by atoms with Crippen molar-refractivity contribution in [3.8, 4) is 0 Å². The number of carboxylic acid groups (broad SMARTS) is 2. The molecule has 0 bridgehead atoms. The summed E-state index contributed by atoms with van der Waals surface area (Å²) < 4.78 is 26.6. The number of rotatable bonds is 7. The van der Waals surface area contributed by atoms with Gasteiger partial charge in [-0.2, -0.15) is 0 Å². The van der Waals surface area contributed by atoms with Crippen molar-refractivity contribution in [3.63, 3.8) is 0 Å². The third-order valence-corrected chi connectivity index (χ3v) is 5.95. The van der Waals surface area contributed by atoms with Gasteiger partial charge in [-0.25, -0.2) is 18.0 Å². The first kappa shape index (κ1) is 21.1.